The number of hydrogen-bond acceptors (Lipinski definition) is 1. The summed E-state index contributed by atoms with van der Waals surface area (Å²) in [6.07, 6.45) is 0. The number of nitrogens with one attached hydrogen (secondary N) is 1. The molecular formula is C16H15Cl2F2N. The molecule has 0 heterocycles. The maximum absolute atomic E-state index is 13.1. The van der Waals surface area contributed by atoms with E-state index >= 15 is 0 Å². The van der Waals surface area contributed by atoms with Gasteiger partial charge in [0, 0.05) is 29.2 Å². The molecule has 1 atom stereocenters. The highest BCUT2D eigenvalue weighted by molar-refractivity contribution is 6.36. The van der Waals surface area contributed by atoms with Gasteiger partial charge in [0.05, 0.1) is 0 Å². The van der Waals surface area contributed by atoms with Gasteiger partial charge in [0.25, 0.3) is 0 Å². The monoisotopic (exact) mass is 329 g/mol. The molecule has 2 aromatic rings. The summed E-state index contributed by atoms with van der Waals surface area (Å²) < 4.78 is 26.2. The van der Waals surface area contributed by atoms with Crippen LogP contribution in [-0.4, -0.2) is 6.54 Å². The van der Waals surface area contributed by atoms with Gasteiger partial charge in [0.15, 0.2) is 0 Å². The van der Waals surface area contributed by atoms with Crippen LogP contribution in [0.5, 0.6) is 0 Å². The first-order chi connectivity index (χ1) is 9.97. The second-order valence-electron chi connectivity index (χ2n) is 4.94. The number of halogens is 4. The third-order valence-corrected chi connectivity index (χ3v) is 3.85. The molecule has 0 aliphatic carbocycles. The molecular weight excluding hydrogens is 315 g/mol. The summed E-state index contributed by atoms with van der Waals surface area (Å²) in [7, 11) is 0. The minimum Gasteiger partial charge on any atom is -0.312 e. The SMILES string of the molecule is CC(CNCc1cc(F)cc(F)c1)c1c(Cl)cccc1Cl. The van der Waals surface area contributed by atoms with E-state index in [0.29, 0.717) is 28.7 Å². The second-order valence-corrected chi connectivity index (χ2v) is 5.76. The molecule has 0 saturated heterocycles. The van der Waals surface area contributed by atoms with Gasteiger partial charge in [-0.25, -0.2) is 8.78 Å². The standard InChI is InChI=1S/C16H15Cl2F2N/c1-10(16-14(17)3-2-4-15(16)18)8-21-9-11-5-12(19)7-13(20)6-11/h2-7,10,21H,8-9H2,1H3. The Hall–Kier alpha value is -1.16. The van der Waals surface area contributed by atoms with Gasteiger partial charge < -0.3 is 5.32 Å². The van der Waals surface area contributed by atoms with Gasteiger partial charge in [0.1, 0.15) is 11.6 Å². The molecule has 0 saturated carbocycles. The molecule has 2 rings (SSSR count). The molecule has 0 aliphatic rings. The predicted octanol–water partition coefficient (Wildman–Crippen LogP) is 5.16. The van der Waals surface area contributed by atoms with E-state index in [1.807, 2.05) is 6.92 Å². The van der Waals surface area contributed by atoms with Crippen molar-refractivity contribution in [3.8, 4) is 0 Å². The Kier molecular flexibility index (Phi) is 5.57. The summed E-state index contributed by atoms with van der Waals surface area (Å²) in [6, 6.07) is 8.86. The normalized spacial score (nSPS) is 12.4. The molecule has 0 radical (unpaired) electrons. The molecule has 1 nitrogen and oxygen atoms in total. The lowest BCUT2D eigenvalue weighted by atomic mass is 10.0. The fourth-order valence-electron chi connectivity index (χ4n) is 2.23. The van der Waals surface area contributed by atoms with Crippen LogP contribution in [0.1, 0.15) is 24.0 Å². The van der Waals surface area contributed by atoms with Crippen molar-refractivity contribution in [2.24, 2.45) is 0 Å². The Morgan fingerprint density at radius 2 is 1.62 bits per heavy atom. The Morgan fingerprint density at radius 3 is 2.19 bits per heavy atom. The van der Waals surface area contributed by atoms with Gasteiger partial charge in [-0.05, 0) is 41.3 Å². The number of hydrogen-bond donors (Lipinski definition) is 1. The molecule has 0 spiro atoms. The first-order valence-corrected chi connectivity index (χ1v) is 7.32. The van der Waals surface area contributed by atoms with E-state index in [-0.39, 0.29) is 5.92 Å². The topological polar surface area (TPSA) is 12.0 Å². The summed E-state index contributed by atoms with van der Waals surface area (Å²) >= 11 is 12.3. The molecule has 0 fully saturated rings. The lowest BCUT2D eigenvalue weighted by Gasteiger charge is -2.16. The molecule has 1 unspecified atom stereocenters. The summed E-state index contributed by atoms with van der Waals surface area (Å²) in [6.45, 7) is 2.97. The Balaban J connectivity index is 1.97. The third kappa shape index (κ3) is 4.40. The fourth-order valence-corrected chi connectivity index (χ4v) is 3.00. The van der Waals surface area contributed by atoms with E-state index in [1.165, 1.54) is 12.1 Å². The first kappa shape index (κ1) is 16.2. The van der Waals surface area contributed by atoms with Crippen molar-refractivity contribution in [1.82, 2.24) is 5.32 Å². The quantitative estimate of drug-likeness (QED) is 0.798. The van der Waals surface area contributed by atoms with Crippen molar-refractivity contribution < 1.29 is 8.78 Å². The van der Waals surface area contributed by atoms with Gasteiger partial charge in [-0.2, -0.15) is 0 Å². The van der Waals surface area contributed by atoms with Gasteiger partial charge >= 0.3 is 0 Å². The molecule has 112 valence electrons. The van der Waals surface area contributed by atoms with Crippen molar-refractivity contribution >= 4 is 23.2 Å². The molecule has 1 N–H and O–H groups in total. The van der Waals surface area contributed by atoms with Crippen LogP contribution in [0.3, 0.4) is 0 Å². The number of rotatable bonds is 5. The first-order valence-electron chi connectivity index (χ1n) is 6.57. The van der Waals surface area contributed by atoms with E-state index < -0.39 is 11.6 Å². The Bertz CT molecular complexity index is 591. The van der Waals surface area contributed by atoms with E-state index in [0.717, 1.165) is 11.6 Å². The minimum atomic E-state index is -0.575. The van der Waals surface area contributed by atoms with E-state index in [1.54, 1.807) is 18.2 Å². The predicted molar refractivity (Wildman–Crippen MR) is 82.9 cm³/mol. The average molecular weight is 330 g/mol. The fraction of sp³-hybridized carbons (Fsp3) is 0.250. The van der Waals surface area contributed by atoms with Crippen molar-refractivity contribution in [3.05, 3.63) is 69.2 Å². The maximum atomic E-state index is 13.1. The zero-order valence-electron chi connectivity index (χ0n) is 11.5. The summed E-state index contributed by atoms with van der Waals surface area (Å²) in [4.78, 5) is 0. The van der Waals surface area contributed by atoms with Crippen LogP contribution in [0.4, 0.5) is 8.78 Å². The smallest absolute Gasteiger partial charge is 0.126 e. The van der Waals surface area contributed by atoms with Gasteiger partial charge in [-0.1, -0.05) is 36.2 Å². The van der Waals surface area contributed by atoms with Gasteiger partial charge in [-0.15, -0.1) is 0 Å². The lowest BCUT2D eigenvalue weighted by molar-refractivity contribution is 0.570. The average Bonchev–Trinajstić information content (AvgIpc) is 2.37. The van der Waals surface area contributed by atoms with Crippen LogP contribution >= 0.6 is 23.2 Å². The second kappa shape index (κ2) is 7.21. The van der Waals surface area contributed by atoms with Crippen LogP contribution in [0.2, 0.25) is 10.0 Å². The van der Waals surface area contributed by atoms with Crippen LogP contribution in [0.25, 0.3) is 0 Å². The van der Waals surface area contributed by atoms with E-state index in [9.17, 15) is 8.78 Å². The van der Waals surface area contributed by atoms with Crippen LogP contribution < -0.4 is 5.32 Å². The highest BCUT2D eigenvalue weighted by atomic mass is 35.5. The number of benzene rings is 2. The lowest BCUT2D eigenvalue weighted by Crippen LogP contribution is -2.20. The molecule has 5 heteroatoms. The van der Waals surface area contributed by atoms with Crippen molar-refractivity contribution in [2.75, 3.05) is 6.54 Å². The van der Waals surface area contributed by atoms with Crippen molar-refractivity contribution in [3.63, 3.8) is 0 Å². The largest absolute Gasteiger partial charge is 0.312 e. The molecule has 0 aliphatic heterocycles. The van der Waals surface area contributed by atoms with E-state index in [4.69, 9.17) is 23.2 Å². The minimum absolute atomic E-state index is 0.0876. The summed E-state index contributed by atoms with van der Waals surface area (Å²) in [5.74, 6) is -1.06. The van der Waals surface area contributed by atoms with Crippen molar-refractivity contribution in [1.29, 1.82) is 0 Å². The molecule has 0 bridgehead atoms. The zero-order chi connectivity index (χ0) is 15.4. The van der Waals surface area contributed by atoms with Crippen molar-refractivity contribution in [2.45, 2.75) is 19.4 Å². The molecule has 0 amide bonds. The molecule has 2 aromatic carbocycles. The van der Waals surface area contributed by atoms with Crippen LogP contribution in [0, 0.1) is 11.6 Å². The highest BCUT2D eigenvalue weighted by Crippen LogP contribution is 2.30. The summed E-state index contributed by atoms with van der Waals surface area (Å²) in [5, 5.41) is 4.40. The third-order valence-electron chi connectivity index (χ3n) is 3.19. The Labute approximate surface area is 132 Å². The Morgan fingerprint density at radius 1 is 1.05 bits per heavy atom. The molecule has 0 aromatic heterocycles. The van der Waals surface area contributed by atoms with E-state index in [2.05, 4.69) is 5.32 Å². The zero-order valence-corrected chi connectivity index (χ0v) is 13.0. The molecule has 21 heavy (non-hydrogen) atoms. The van der Waals surface area contributed by atoms with Gasteiger partial charge in [0.2, 0.25) is 0 Å². The van der Waals surface area contributed by atoms with Gasteiger partial charge in [-0.3, -0.25) is 0 Å². The highest BCUT2D eigenvalue weighted by Gasteiger charge is 2.13. The summed E-state index contributed by atoms with van der Waals surface area (Å²) in [5.41, 5.74) is 1.43. The van der Waals surface area contributed by atoms with Crippen LogP contribution in [0.15, 0.2) is 36.4 Å². The van der Waals surface area contributed by atoms with Crippen LogP contribution in [-0.2, 0) is 6.54 Å². The maximum Gasteiger partial charge on any atom is 0.126 e.